The second-order valence-electron chi connectivity index (χ2n) is 12.0. The molecule has 0 fully saturated rings. The smallest absolute Gasteiger partial charge is 0.00199 e. The molecular formula is C44H26. The maximum atomic E-state index is 2.44. The van der Waals surface area contributed by atoms with E-state index < -0.39 is 0 Å². The van der Waals surface area contributed by atoms with Gasteiger partial charge in [0.15, 0.2) is 0 Å². The zero-order valence-electron chi connectivity index (χ0n) is 24.0. The van der Waals surface area contributed by atoms with Crippen molar-refractivity contribution < 1.29 is 0 Å². The molecule has 0 bridgehead atoms. The van der Waals surface area contributed by atoms with Gasteiger partial charge in [-0.1, -0.05) is 146 Å². The summed E-state index contributed by atoms with van der Waals surface area (Å²) in [7, 11) is 0. The van der Waals surface area contributed by atoms with Gasteiger partial charge in [0.05, 0.1) is 0 Å². The number of hydrogen-bond acceptors (Lipinski definition) is 0. The fraction of sp³-hybridized carbons (Fsp3) is 0. The monoisotopic (exact) mass is 554 g/mol. The molecule has 0 aliphatic heterocycles. The lowest BCUT2D eigenvalue weighted by Gasteiger charge is -2.17. The van der Waals surface area contributed by atoms with Crippen LogP contribution < -0.4 is 0 Å². The van der Waals surface area contributed by atoms with Gasteiger partial charge in [0.25, 0.3) is 0 Å². The van der Waals surface area contributed by atoms with Crippen molar-refractivity contribution in [2.45, 2.75) is 0 Å². The van der Waals surface area contributed by atoms with E-state index >= 15 is 0 Å². The Kier molecular flexibility index (Phi) is 4.81. The molecule has 0 unspecified atom stereocenters. The molecule has 202 valence electrons. The first-order valence-corrected chi connectivity index (χ1v) is 15.4. The van der Waals surface area contributed by atoms with Gasteiger partial charge >= 0.3 is 0 Å². The van der Waals surface area contributed by atoms with Crippen LogP contribution in [-0.4, -0.2) is 0 Å². The molecule has 0 nitrogen and oxygen atoms in total. The third-order valence-corrected chi connectivity index (χ3v) is 9.76. The van der Waals surface area contributed by atoms with Gasteiger partial charge in [-0.3, -0.25) is 0 Å². The van der Waals surface area contributed by atoms with Gasteiger partial charge in [-0.2, -0.15) is 0 Å². The summed E-state index contributed by atoms with van der Waals surface area (Å²) in [6.07, 6.45) is 0. The zero-order valence-corrected chi connectivity index (χ0v) is 24.0. The van der Waals surface area contributed by atoms with Crippen molar-refractivity contribution in [1.29, 1.82) is 0 Å². The molecule has 0 atom stereocenters. The molecule has 0 aliphatic carbocycles. The van der Waals surface area contributed by atoms with E-state index in [-0.39, 0.29) is 0 Å². The van der Waals surface area contributed by atoms with E-state index in [1.807, 2.05) is 0 Å². The maximum Gasteiger partial charge on any atom is -0.00199 e. The predicted octanol–water partition coefficient (Wildman–Crippen LogP) is 12.5. The highest BCUT2D eigenvalue weighted by Crippen LogP contribution is 2.44. The molecule has 10 aromatic carbocycles. The molecule has 0 heterocycles. The Hall–Kier alpha value is -5.72. The van der Waals surface area contributed by atoms with Gasteiger partial charge < -0.3 is 0 Å². The van der Waals surface area contributed by atoms with Crippen LogP contribution in [0.25, 0.3) is 97.7 Å². The van der Waals surface area contributed by atoms with E-state index in [1.165, 1.54) is 97.7 Å². The SMILES string of the molecule is c1cc(-c2cc3c4ccccc4c4ccccc4c3c3ccccc23)cc(-c2ccc3ccc4cccc5ccc2c3c45)c1. The van der Waals surface area contributed by atoms with E-state index in [9.17, 15) is 0 Å². The summed E-state index contributed by atoms with van der Waals surface area (Å²) in [6.45, 7) is 0. The van der Waals surface area contributed by atoms with Gasteiger partial charge in [0.2, 0.25) is 0 Å². The van der Waals surface area contributed by atoms with Crippen molar-refractivity contribution in [2.24, 2.45) is 0 Å². The zero-order chi connectivity index (χ0) is 28.8. The van der Waals surface area contributed by atoms with Crippen LogP contribution in [0.4, 0.5) is 0 Å². The second kappa shape index (κ2) is 8.89. The largest absolute Gasteiger partial charge is 0.0616 e. The van der Waals surface area contributed by atoms with Crippen molar-refractivity contribution in [3.8, 4) is 22.3 Å². The van der Waals surface area contributed by atoms with Gasteiger partial charge in [0, 0.05) is 0 Å². The Labute approximate surface area is 254 Å². The Balaban J connectivity index is 1.27. The third-order valence-electron chi connectivity index (χ3n) is 9.76. The molecular weight excluding hydrogens is 528 g/mol. The molecule has 10 aromatic rings. The van der Waals surface area contributed by atoms with Crippen LogP contribution >= 0.6 is 0 Å². The molecule has 0 N–H and O–H groups in total. The Morgan fingerprint density at radius 1 is 0.227 bits per heavy atom. The summed E-state index contributed by atoms with van der Waals surface area (Å²) in [5.41, 5.74) is 5.03. The molecule has 0 aliphatic rings. The van der Waals surface area contributed by atoms with E-state index in [2.05, 4.69) is 158 Å². The van der Waals surface area contributed by atoms with Gasteiger partial charge in [-0.05, 0) is 110 Å². The molecule has 10 rings (SSSR count). The summed E-state index contributed by atoms with van der Waals surface area (Å²) in [5.74, 6) is 0. The summed E-state index contributed by atoms with van der Waals surface area (Å²) in [4.78, 5) is 0. The Bertz CT molecular complexity index is 2750. The second-order valence-corrected chi connectivity index (χ2v) is 12.0. The molecule has 0 radical (unpaired) electrons. The van der Waals surface area contributed by atoms with Crippen LogP contribution in [0.2, 0.25) is 0 Å². The molecule has 0 spiro atoms. The number of rotatable bonds is 2. The minimum atomic E-state index is 1.24. The lowest BCUT2D eigenvalue weighted by atomic mass is 9.86. The highest BCUT2D eigenvalue weighted by atomic mass is 14.2. The highest BCUT2D eigenvalue weighted by molar-refractivity contribution is 6.33. The molecule has 0 amide bonds. The van der Waals surface area contributed by atoms with Gasteiger partial charge in [-0.25, -0.2) is 0 Å². The summed E-state index contributed by atoms with van der Waals surface area (Å²) >= 11 is 0. The standard InChI is InChI=1S/C44H26/c1-2-15-35-33(13-1)34-14-3-5-17-37(34)44-38-18-6-4-16-36(38)40(26-41(35)44)31-12-8-11-30(25-31)32-23-21-29-20-19-27-9-7-10-28-22-24-39(32)43(29)42(27)28/h1-26H. The molecule has 0 aromatic heterocycles. The van der Waals surface area contributed by atoms with Crippen molar-refractivity contribution in [3.05, 3.63) is 158 Å². The van der Waals surface area contributed by atoms with E-state index in [1.54, 1.807) is 0 Å². The third kappa shape index (κ3) is 3.23. The van der Waals surface area contributed by atoms with E-state index in [0.717, 1.165) is 0 Å². The van der Waals surface area contributed by atoms with Crippen LogP contribution in [0.5, 0.6) is 0 Å². The highest BCUT2D eigenvalue weighted by Gasteiger charge is 2.16. The molecule has 0 saturated heterocycles. The average molecular weight is 555 g/mol. The lowest BCUT2D eigenvalue weighted by Crippen LogP contribution is -1.90. The summed E-state index contributed by atoms with van der Waals surface area (Å²) < 4.78 is 0. The van der Waals surface area contributed by atoms with Crippen molar-refractivity contribution >= 4 is 75.4 Å². The van der Waals surface area contributed by atoms with E-state index in [0.29, 0.717) is 0 Å². The molecule has 0 heteroatoms. The average Bonchev–Trinajstić information content (AvgIpc) is 3.10. The van der Waals surface area contributed by atoms with Gasteiger partial charge in [-0.15, -0.1) is 0 Å². The summed E-state index contributed by atoms with van der Waals surface area (Å²) in [5, 5.41) is 18.4. The fourth-order valence-electron chi connectivity index (χ4n) is 7.85. The first kappa shape index (κ1) is 23.8. The van der Waals surface area contributed by atoms with Crippen molar-refractivity contribution in [3.63, 3.8) is 0 Å². The first-order chi connectivity index (χ1) is 21.8. The van der Waals surface area contributed by atoms with E-state index in [4.69, 9.17) is 0 Å². The first-order valence-electron chi connectivity index (χ1n) is 15.4. The lowest BCUT2D eigenvalue weighted by molar-refractivity contribution is 1.64. The van der Waals surface area contributed by atoms with Crippen LogP contribution in [-0.2, 0) is 0 Å². The minimum absolute atomic E-state index is 1.24. The Morgan fingerprint density at radius 2 is 0.727 bits per heavy atom. The minimum Gasteiger partial charge on any atom is -0.0616 e. The predicted molar refractivity (Wildman–Crippen MR) is 191 cm³/mol. The van der Waals surface area contributed by atoms with Gasteiger partial charge in [0.1, 0.15) is 0 Å². The maximum absolute atomic E-state index is 2.44. The van der Waals surface area contributed by atoms with Crippen LogP contribution in [0, 0.1) is 0 Å². The normalized spacial score (nSPS) is 12.1. The molecule has 44 heavy (non-hydrogen) atoms. The number of fused-ring (bicyclic) bond motifs is 8. The number of benzene rings is 10. The Morgan fingerprint density at radius 3 is 1.45 bits per heavy atom. The van der Waals surface area contributed by atoms with Crippen molar-refractivity contribution in [1.82, 2.24) is 0 Å². The summed E-state index contributed by atoms with van der Waals surface area (Å²) in [6, 6.07) is 58.6. The van der Waals surface area contributed by atoms with Crippen LogP contribution in [0.3, 0.4) is 0 Å². The van der Waals surface area contributed by atoms with Crippen LogP contribution in [0.15, 0.2) is 158 Å². The van der Waals surface area contributed by atoms with Crippen molar-refractivity contribution in [2.75, 3.05) is 0 Å². The fourth-order valence-corrected chi connectivity index (χ4v) is 7.85. The topological polar surface area (TPSA) is 0 Å². The quantitative estimate of drug-likeness (QED) is 0.186. The van der Waals surface area contributed by atoms with Crippen LogP contribution in [0.1, 0.15) is 0 Å². The number of hydrogen-bond donors (Lipinski definition) is 0. The molecule has 0 saturated carbocycles.